The molecular weight excluding hydrogens is 623 g/mol. The summed E-state index contributed by atoms with van der Waals surface area (Å²) in [7, 11) is 0. The Bertz CT molecular complexity index is 3150. The number of benzene rings is 9. The zero-order valence-corrected chi connectivity index (χ0v) is 27.5. The topological polar surface area (TPSA) is 29.5 Å². The lowest BCUT2D eigenvalue weighted by Crippen LogP contribution is -2.09. The minimum Gasteiger partial charge on any atom is -0.456 e. The molecule has 9 aromatic carbocycles. The van der Waals surface area contributed by atoms with Crippen LogP contribution in [0.3, 0.4) is 0 Å². The van der Waals surface area contributed by atoms with E-state index in [2.05, 4.69) is 157 Å². The van der Waals surface area contributed by atoms with Crippen molar-refractivity contribution in [2.24, 2.45) is 0 Å². The van der Waals surface area contributed by atoms with Gasteiger partial charge in [0.15, 0.2) is 0 Å². The molecule has 11 aromatic rings. The minimum absolute atomic E-state index is 0.861. The fourth-order valence-electron chi connectivity index (χ4n) is 8.04. The number of hydrogen-bond acceptors (Lipinski definition) is 3. The highest BCUT2D eigenvalue weighted by atomic mass is 16.3. The standard InChI is InChI=1S/C48H29NO2/c1-2-10-35-30(9-1)19-24-38-36-11-3-4-12-37(36)42(29-43(35)38)31-17-20-32(21-18-31)49(33-23-26-47-44(27-33)40-14-6-8-16-46(40)50-47)34-22-25-41-39-13-5-7-15-45(39)51-48(41)28-34/h1-29H. The first-order valence-electron chi connectivity index (χ1n) is 17.3. The molecule has 2 aromatic heterocycles. The van der Waals surface area contributed by atoms with Crippen molar-refractivity contribution >= 4 is 93.3 Å². The lowest BCUT2D eigenvalue weighted by molar-refractivity contribution is 0.668. The van der Waals surface area contributed by atoms with Crippen molar-refractivity contribution in [3.63, 3.8) is 0 Å². The third-order valence-corrected chi connectivity index (χ3v) is 10.4. The van der Waals surface area contributed by atoms with Gasteiger partial charge in [-0.1, -0.05) is 109 Å². The molecule has 11 rings (SSSR count). The smallest absolute Gasteiger partial charge is 0.137 e. The quantitative estimate of drug-likeness (QED) is 0.177. The molecule has 0 aliphatic carbocycles. The molecule has 3 nitrogen and oxygen atoms in total. The highest BCUT2D eigenvalue weighted by molar-refractivity contribution is 6.21. The summed E-state index contributed by atoms with van der Waals surface area (Å²) in [6.07, 6.45) is 0. The first-order valence-corrected chi connectivity index (χ1v) is 17.3. The Morgan fingerprint density at radius 1 is 0.294 bits per heavy atom. The molecule has 238 valence electrons. The fourth-order valence-corrected chi connectivity index (χ4v) is 8.04. The van der Waals surface area contributed by atoms with Gasteiger partial charge >= 0.3 is 0 Å². The van der Waals surface area contributed by atoms with E-state index in [4.69, 9.17) is 8.83 Å². The van der Waals surface area contributed by atoms with Crippen molar-refractivity contribution in [2.45, 2.75) is 0 Å². The Morgan fingerprint density at radius 3 is 1.63 bits per heavy atom. The van der Waals surface area contributed by atoms with Crippen LogP contribution in [0.5, 0.6) is 0 Å². The number of hydrogen-bond donors (Lipinski definition) is 0. The van der Waals surface area contributed by atoms with Gasteiger partial charge < -0.3 is 13.7 Å². The Labute approximate surface area is 293 Å². The van der Waals surface area contributed by atoms with E-state index in [0.29, 0.717) is 0 Å². The zero-order valence-electron chi connectivity index (χ0n) is 27.5. The first-order chi connectivity index (χ1) is 25.3. The van der Waals surface area contributed by atoms with E-state index >= 15 is 0 Å². The van der Waals surface area contributed by atoms with Gasteiger partial charge in [0, 0.05) is 44.7 Å². The first kappa shape index (κ1) is 28.0. The number of nitrogens with zero attached hydrogens (tertiary/aromatic N) is 1. The van der Waals surface area contributed by atoms with Crippen LogP contribution in [0.1, 0.15) is 0 Å². The molecule has 0 saturated heterocycles. The normalized spacial score (nSPS) is 11.9. The van der Waals surface area contributed by atoms with Gasteiger partial charge in [-0.15, -0.1) is 0 Å². The zero-order chi connectivity index (χ0) is 33.5. The van der Waals surface area contributed by atoms with Crippen molar-refractivity contribution in [3.05, 3.63) is 176 Å². The van der Waals surface area contributed by atoms with Gasteiger partial charge in [0.25, 0.3) is 0 Å². The summed E-state index contributed by atoms with van der Waals surface area (Å²) in [6.45, 7) is 0. The molecule has 0 aliphatic rings. The number of fused-ring (bicyclic) bond motifs is 11. The van der Waals surface area contributed by atoms with Gasteiger partial charge in [-0.05, 0) is 104 Å². The molecule has 0 spiro atoms. The van der Waals surface area contributed by atoms with E-state index in [0.717, 1.165) is 60.9 Å². The highest BCUT2D eigenvalue weighted by Crippen LogP contribution is 2.43. The van der Waals surface area contributed by atoms with Gasteiger partial charge in [-0.2, -0.15) is 0 Å². The summed E-state index contributed by atoms with van der Waals surface area (Å²) in [5.74, 6) is 0. The number of furan rings is 2. The molecule has 0 N–H and O–H groups in total. The molecule has 0 saturated carbocycles. The minimum atomic E-state index is 0.861. The third kappa shape index (κ3) is 4.32. The van der Waals surface area contributed by atoms with Crippen molar-refractivity contribution < 1.29 is 8.83 Å². The van der Waals surface area contributed by atoms with E-state index in [9.17, 15) is 0 Å². The van der Waals surface area contributed by atoms with E-state index in [1.165, 1.54) is 43.4 Å². The van der Waals surface area contributed by atoms with Gasteiger partial charge in [0.05, 0.1) is 0 Å². The lowest BCUT2D eigenvalue weighted by Gasteiger charge is -2.26. The maximum atomic E-state index is 6.37. The summed E-state index contributed by atoms with van der Waals surface area (Å²) in [6, 6.07) is 62.7. The second-order valence-electron chi connectivity index (χ2n) is 13.3. The van der Waals surface area contributed by atoms with Crippen LogP contribution in [0, 0.1) is 0 Å². The summed E-state index contributed by atoms with van der Waals surface area (Å²) in [5, 5.41) is 12.0. The third-order valence-electron chi connectivity index (χ3n) is 10.4. The second kappa shape index (κ2) is 10.8. The number of anilines is 3. The summed E-state index contributed by atoms with van der Waals surface area (Å²) in [5.41, 5.74) is 9.03. The van der Waals surface area contributed by atoms with Crippen LogP contribution in [0.25, 0.3) is 87.3 Å². The van der Waals surface area contributed by atoms with Crippen molar-refractivity contribution in [1.82, 2.24) is 0 Å². The Kier molecular flexibility index (Phi) is 5.96. The second-order valence-corrected chi connectivity index (χ2v) is 13.3. The van der Waals surface area contributed by atoms with E-state index in [1.54, 1.807) is 0 Å². The van der Waals surface area contributed by atoms with Crippen LogP contribution < -0.4 is 4.90 Å². The molecule has 0 fully saturated rings. The fraction of sp³-hybridized carbons (Fsp3) is 0. The molecule has 0 unspecified atom stereocenters. The van der Waals surface area contributed by atoms with Crippen LogP contribution in [-0.4, -0.2) is 0 Å². The van der Waals surface area contributed by atoms with E-state index < -0.39 is 0 Å². The highest BCUT2D eigenvalue weighted by Gasteiger charge is 2.18. The van der Waals surface area contributed by atoms with Crippen LogP contribution in [0.4, 0.5) is 17.1 Å². The van der Waals surface area contributed by atoms with Gasteiger partial charge in [0.2, 0.25) is 0 Å². The SMILES string of the molecule is c1ccc2c(c1)ccc1c3ccccc3c(-c3ccc(N(c4ccc5c(c4)oc4ccccc45)c4ccc5oc6ccccc6c5c4)cc3)cc21. The average molecular weight is 652 g/mol. The van der Waals surface area contributed by atoms with Crippen LogP contribution in [0.2, 0.25) is 0 Å². The predicted molar refractivity (Wildman–Crippen MR) is 214 cm³/mol. The molecule has 0 amide bonds. The average Bonchev–Trinajstić information content (AvgIpc) is 3.76. The molecule has 0 bridgehead atoms. The van der Waals surface area contributed by atoms with Crippen molar-refractivity contribution in [2.75, 3.05) is 4.90 Å². The summed E-state index contributed by atoms with van der Waals surface area (Å²) >= 11 is 0. The van der Waals surface area contributed by atoms with Gasteiger partial charge in [-0.3, -0.25) is 0 Å². The molecule has 2 heterocycles. The molecule has 0 atom stereocenters. The molecule has 51 heavy (non-hydrogen) atoms. The van der Waals surface area contributed by atoms with Crippen molar-refractivity contribution in [3.8, 4) is 11.1 Å². The Morgan fingerprint density at radius 2 is 0.824 bits per heavy atom. The molecule has 0 aliphatic heterocycles. The van der Waals surface area contributed by atoms with Gasteiger partial charge in [-0.25, -0.2) is 0 Å². The Hall–Kier alpha value is -6.84. The van der Waals surface area contributed by atoms with Crippen LogP contribution in [0.15, 0.2) is 185 Å². The maximum absolute atomic E-state index is 6.37. The van der Waals surface area contributed by atoms with Crippen LogP contribution >= 0.6 is 0 Å². The number of rotatable bonds is 4. The van der Waals surface area contributed by atoms with E-state index in [1.807, 2.05) is 24.3 Å². The summed E-state index contributed by atoms with van der Waals surface area (Å²) in [4.78, 5) is 2.31. The Balaban J connectivity index is 1.10. The molecular formula is C48H29NO2. The van der Waals surface area contributed by atoms with E-state index in [-0.39, 0.29) is 0 Å². The predicted octanol–water partition coefficient (Wildman–Crippen LogP) is 14.1. The molecule has 3 heteroatoms. The largest absolute Gasteiger partial charge is 0.456 e. The summed E-state index contributed by atoms with van der Waals surface area (Å²) < 4.78 is 12.6. The lowest BCUT2D eigenvalue weighted by atomic mass is 9.91. The maximum Gasteiger partial charge on any atom is 0.137 e. The van der Waals surface area contributed by atoms with Crippen molar-refractivity contribution in [1.29, 1.82) is 0 Å². The molecule has 0 radical (unpaired) electrons. The monoisotopic (exact) mass is 651 g/mol. The number of para-hydroxylation sites is 2. The van der Waals surface area contributed by atoms with Gasteiger partial charge in [0.1, 0.15) is 22.3 Å². The van der Waals surface area contributed by atoms with Crippen LogP contribution in [-0.2, 0) is 0 Å².